The molecule has 0 aliphatic carbocycles. The van der Waals surface area contributed by atoms with Crippen molar-refractivity contribution in [2.45, 2.75) is 0 Å². The third-order valence-electron chi connectivity index (χ3n) is 1.26. The second-order valence-electron chi connectivity index (χ2n) is 2.45. The summed E-state index contributed by atoms with van der Waals surface area (Å²) in [5.74, 6) is 2.17. The number of hydrogen-bond donors (Lipinski definition) is 4. The van der Waals surface area contributed by atoms with Crippen LogP contribution in [-0.2, 0) is 4.79 Å². The van der Waals surface area contributed by atoms with Crippen LogP contribution >= 0.6 is 0 Å². The van der Waals surface area contributed by atoms with Crippen molar-refractivity contribution in [1.29, 1.82) is 0 Å². The maximum atomic E-state index is 11.0. The van der Waals surface area contributed by atoms with E-state index in [0.717, 1.165) is 0 Å². The van der Waals surface area contributed by atoms with Crippen LogP contribution in [0.2, 0.25) is 0 Å². The Labute approximate surface area is 82.6 Å². The molecule has 5 N–H and O–H groups in total. The topological polar surface area (TPSA) is 96.2 Å². The van der Waals surface area contributed by atoms with E-state index in [1.54, 1.807) is 0 Å². The van der Waals surface area contributed by atoms with Crippen LogP contribution in [-0.4, -0.2) is 38.1 Å². The lowest BCUT2D eigenvalue weighted by atomic mass is 10.5. The lowest BCUT2D eigenvalue weighted by Crippen LogP contribution is -2.40. The van der Waals surface area contributed by atoms with Crippen molar-refractivity contribution in [2.75, 3.05) is 26.2 Å². The summed E-state index contributed by atoms with van der Waals surface area (Å²) in [6, 6.07) is -0.607. The average molecular weight is 198 g/mol. The zero-order valence-electron chi connectivity index (χ0n) is 7.80. The molecule has 14 heavy (non-hydrogen) atoms. The molecule has 6 heteroatoms. The smallest absolute Gasteiger partial charge is 0.312 e. The Hall–Kier alpha value is -1.74. The van der Waals surface area contributed by atoms with E-state index >= 15 is 0 Å². The van der Waals surface area contributed by atoms with Gasteiger partial charge in [-0.15, -0.1) is 6.42 Å². The molecule has 0 saturated carbocycles. The number of terminal acetylenes is 1. The van der Waals surface area contributed by atoms with Gasteiger partial charge >= 0.3 is 6.03 Å². The van der Waals surface area contributed by atoms with Crippen LogP contribution < -0.4 is 21.7 Å². The molecule has 0 aromatic rings. The molecule has 0 saturated heterocycles. The van der Waals surface area contributed by atoms with Crippen molar-refractivity contribution in [3.63, 3.8) is 0 Å². The molecule has 0 aliphatic heterocycles. The Morgan fingerprint density at radius 2 is 1.93 bits per heavy atom. The van der Waals surface area contributed by atoms with E-state index < -0.39 is 6.03 Å². The summed E-state index contributed by atoms with van der Waals surface area (Å²) in [5.41, 5.74) is 4.81. The second-order valence-corrected chi connectivity index (χ2v) is 2.45. The van der Waals surface area contributed by atoms with Crippen molar-refractivity contribution < 1.29 is 9.59 Å². The van der Waals surface area contributed by atoms with Crippen molar-refractivity contribution in [1.82, 2.24) is 16.0 Å². The van der Waals surface area contributed by atoms with Crippen LogP contribution in [0.4, 0.5) is 4.79 Å². The zero-order valence-corrected chi connectivity index (χ0v) is 7.80. The lowest BCUT2D eigenvalue weighted by molar-refractivity contribution is -0.120. The first-order valence-corrected chi connectivity index (χ1v) is 4.11. The van der Waals surface area contributed by atoms with Crippen LogP contribution in [0.1, 0.15) is 0 Å². The van der Waals surface area contributed by atoms with Crippen molar-refractivity contribution in [3.05, 3.63) is 0 Å². The maximum absolute atomic E-state index is 11.0. The predicted molar refractivity (Wildman–Crippen MR) is 52.3 cm³/mol. The average Bonchev–Trinajstić information content (AvgIpc) is 2.13. The number of carbonyl (C=O) groups is 2. The molecule has 78 valence electrons. The molecule has 0 radical (unpaired) electrons. The van der Waals surface area contributed by atoms with E-state index in [9.17, 15) is 9.59 Å². The summed E-state index contributed by atoms with van der Waals surface area (Å²) in [5, 5.41) is 7.62. The fraction of sp³-hybridized carbons (Fsp3) is 0.500. The zero-order chi connectivity index (χ0) is 10.8. The number of hydrogen-bond acceptors (Lipinski definition) is 3. The highest BCUT2D eigenvalue weighted by Crippen LogP contribution is 1.64. The fourth-order valence-corrected chi connectivity index (χ4v) is 0.698. The number of primary amides is 1. The first-order chi connectivity index (χ1) is 6.66. The number of rotatable bonds is 6. The van der Waals surface area contributed by atoms with Crippen LogP contribution in [0.15, 0.2) is 0 Å². The monoisotopic (exact) mass is 198 g/mol. The van der Waals surface area contributed by atoms with Crippen LogP contribution in [0.25, 0.3) is 0 Å². The minimum Gasteiger partial charge on any atom is -0.353 e. The Kier molecular flexibility index (Phi) is 6.91. The molecule has 6 nitrogen and oxygen atoms in total. The van der Waals surface area contributed by atoms with Crippen molar-refractivity contribution in [2.24, 2.45) is 5.73 Å². The van der Waals surface area contributed by atoms with Gasteiger partial charge in [0.15, 0.2) is 0 Å². The van der Waals surface area contributed by atoms with Gasteiger partial charge in [-0.05, 0) is 0 Å². The van der Waals surface area contributed by atoms with Gasteiger partial charge in [-0.3, -0.25) is 10.1 Å². The molecule has 0 bridgehead atoms. The van der Waals surface area contributed by atoms with Gasteiger partial charge in [-0.2, -0.15) is 0 Å². The number of amides is 3. The molecule has 0 atom stereocenters. The Balaban J connectivity index is 3.28. The highest BCUT2D eigenvalue weighted by Gasteiger charge is 1.98. The van der Waals surface area contributed by atoms with Crippen LogP contribution in [0, 0.1) is 12.3 Å². The Morgan fingerprint density at radius 3 is 2.50 bits per heavy atom. The molecule has 3 amide bonds. The first-order valence-electron chi connectivity index (χ1n) is 4.11. The summed E-state index contributed by atoms with van der Waals surface area (Å²) in [6.45, 7) is 1.18. The van der Waals surface area contributed by atoms with Gasteiger partial charge in [0.05, 0.1) is 13.1 Å². The molecule has 0 spiro atoms. The van der Waals surface area contributed by atoms with E-state index in [4.69, 9.17) is 12.2 Å². The maximum Gasteiger partial charge on any atom is 0.312 e. The molecular weight excluding hydrogens is 184 g/mol. The summed E-state index contributed by atoms with van der Waals surface area (Å²) >= 11 is 0. The normalized spacial score (nSPS) is 8.79. The van der Waals surface area contributed by atoms with Gasteiger partial charge in [-0.1, -0.05) is 5.92 Å². The second kappa shape index (κ2) is 7.89. The molecule has 0 aromatic carbocycles. The molecule has 0 aliphatic rings. The van der Waals surface area contributed by atoms with Crippen molar-refractivity contribution in [3.8, 4) is 12.3 Å². The number of carbonyl (C=O) groups excluding carboxylic acids is 2. The van der Waals surface area contributed by atoms with E-state index in [1.807, 2.05) is 0 Å². The lowest BCUT2D eigenvalue weighted by Gasteiger charge is -2.05. The molecule has 0 rings (SSSR count). The Morgan fingerprint density at radius 1 is 1.29 bits per heavy atom. The quantitative estimate of drug-likeness (QED) is 0.293. The Bertz CT molecular complexity index is 234. The number of nitrogens with two attached hydrogens (primary N) is 1. The summed E-state index contributed by atoms with van der Waals surface area (Å²) in [4.78, 5) is 21.2. The molecule has 0 heterocycles. The van der Waals surface area contributed by atoms with E-state index in [2.05, 4.69) is 21.9 Å². The van der Waals surface area contributed by atoms with Crippen LogP contribution in [0.5, 0.6) is 0 Å². The molecule has 0 aromatic heterocycles. The molecule has 0 fully saturated rings. The van der Waals surface area contributed by atoms with Gasteiger partial charge in [-0.25, -0.2) is 4.79 Å². The minimum atomic E-state index is -0.607. The minimum absolute atomic E-state index is 0.167. The highest BCUT2D eigenvalue weighted by atomic mass is 16.2. The molecular formula is C8H14N4O2. The third kappa shape index (κ3) is 8.36. The van der Waals surface area contributed by atoms with E-state index in [0.29, 0.717) is 19.6 Å². The number of urea groups is 1. The summed E-state index contributed by atoms with van der Waals surface area (Å²) in [6.07, 6.45) is 4.96. The van der Waals surface area contributed by atoms with E-state index in [-0.39, 0.29) is 12.5 Å². The predicted octanol–water partition coefficient (Wildman–Crippen LogP) is -2.01. The van der Waals surface area contributed by atoms with E-state index in [1.165, 1.54) is 0 Å². The van der Waals surface area contributed by atoms with Gasteiger partial charge in [0.25, 0.3) is 0 Å². The first kappa shape index (κ1) is 12.3. The number of nitrogens with one attached hydrogen (secondary N) is 3. The standard InChI is InChI=1S/C8H14N4O2/c1-2-3-10-6-7(13)11-4-5-12-8(9)14/h1,10H,3-6H2,(H,11,13)(H3,9,12,14). The SMILES string of the molecule is C#CCNCC(=O)NCCNC(N)=O. The van der Waals surface area contributed by atoms with Gasteiger partial charge in [0.1, 0.15) is 0 Å². The van der Waals surface area contributed by atoms with Crippen molar-refractivity contribution >= 4 is 11.9 Å². The highest BCUT2D eigenvalue weighted by molar-refractivity contribution is 5.78. The van der Waals surface area contributed by atoms with Gasteiger partial charge in [0.2, 0.25) is 5.91 Å². The summed E-state index contributed by atoms with van der Waals surface area (Å²) < 4.78 is 0. The van der Waals surface area contributed by atoms with Crippen LogP contribution in [0.3, 0.4) is 0 Å². The third-order valence-corrected chi connectivity index (χ3v) is 1.26. The summed E-state index contributed by atoms with van der Waals surface area (Å²) in [7, 11) is 0. The molecule has 0 unspecified atom stereocenters. The fourth-order valence-electron chi connectivity index (χ4n) is 0.698. The largest absolute Gasteiger partial charge is 0.353 e. The van der Waals surface area contributed by atoms with Gasteiger partial charge < -0.3 is 16.4 Å². The van der Waals surface area contributed by atoms with Gasteiger partial charge in [0, 0.05) is 13.1 Å².